The van der Waals surface area contributed by atoms with Crippen molar-refractivity contribution in [1.29, 1.82) is 0 Å². The van der Waals surface area contributed by atoms with E-state index in [-0.39, 0.29) is 11.2 Å². The lowest BCUT2D eigenvalue weighted by molar-refractivity contribution is 0.451. The van der Waals surface area contributed by atoms with Crippen molar-refractivity contribution in [3.8, 4) is 17.3 Å². The van der Waals surface area contributed by atoms with Crippen LogP contribution < -0.4 is 5.43 Å². The maximum absolute atomic E-state index is 11.5. The number of aromatic hydroxyl groups is 1. The van der Waals surface area contributed by atoms with Crippen molar-refractivity contribution in [3.05, 3.63) is 34.4 Å². The fourth-order valence-electron chi connectivity index (χ4n) is 2.32. The first-order valence-electron chi connectivity index (χ1n) is 5.69. The molecule has 3 heterocycles. The van der Waals surface area contributed by atoms with Crippen LogP contribution in [0.4, 0.5) is 0 Å². The van der Waals surface area contributed by atoms with Crippen LogP contribution in [0, 0.1) is 0 Å². The van der Waals surface area contributed by atoms with Crippen LogP contribution in [-0.2, 0) is 19.5 Å². The molecule has 0 unspecified atom stereocenters. The van der Waals surface area contributed by atoms with Gasteiger partial charge in [0, 0.05) is 37.2 Å². The third-order valence-electron chi connectivity index (χ3n) is 3.23. The van der Waals surface area contributed by atoms with Crippen LogP contribution in [0.2, 0.25) is 0 Å². The number of fused-ring (bicyclic) bond motifs is 3. The molecule has 2 aromatic rings. The molecular formula is C12H13N3O2. The van der Waals surface area contributed by atoms with Gasteiger partial charge in [-0.05, 0) is 6.42 Å². The Kier molecular flexibility index (Phi) is 2.07. The molecule has 5 nitrogen and oxygen atoms in total. The summed E-state index contributed by atoms with van der Waals surface area (Å²) in [5, 5.41) is 9.89. The summed E-state index contributed by atoms with van der Waals surface area (Å²) >= 11 is 0. The second kappa shape index (κ2) is 3.48. The average molecular weight is 231 g/mol. The monoisotopic (exact) mass is 231 g/mol. The zero-order valence-corrected chi connectivity index (χ0v) is 9.55. The van der Waals surface area contributed by atoms with Crippen molar-refractivity contribution in [1.82, 2.24) is 14.1 Å². The van der Waals surface area contributed by atoms with E-state index in [1.807, 2.05) is 10.8 Å². The molecule has 0 amide bonds. The molecule has 0 saturated heterocycles. The van der Waals surface area contributed by atoms with Gasteiger partial charge in [0.25, 0.3) is 0 Å². The van der Waals surface area contributed by atoms with E-state index >= 15 is 0 Å². The largest absolute Gasteiger partial charge is 0.503 e. The first kappa shape index (κ1) is 10.1. The highest BCUT2D eigenvalue weighted by Crippen LogP contribution is 2.29. The third kappa shape index (κ3) is 1.32. The predicted octanol–water partition coefficient (Wildman–Crippen LogP) is 0.993. The Balaban J connectivity index is 2.32. The van der Waals surface area contributed by atoms with Crippen LogP contribution in [0.5, 0.6) is 5.75 Å². The molecule has 0 atom stereocenters. The van der Waals surface area contributed by atoms with Crippen LogP contribution in [0.1, 0.15) is 12.6 Å². The van der Waals surface area contributed by atoms with Gasteiger partial charge in [0.15, 0.2) is 11.6 Å². The van der Waals surface area contributed by atoms with Crippen molar-refractivity contribution in [2.45, 2.75) is 26.4 Å². The lowest BCUT2D eigenvalue weighted by Crippen LogP contribution is -2.21. The average Bonchev–Trinajstić information content (AvgIpc) is 2.76. The molecule has 0 fully saturated rings. The highest BCUT2D eigenvalue weighted by atomic mass is 16.3. The van der Waals surface area contributed by atoms with Gasteiger partial charge >= 0.3 is 0 Å². The molecule has 2 aromatic heterocycles. The first-order chi connectivity index (χ1) is 8.22. The Morgan fingerprint density at radius 2 is 2.29 bits per heavy atom. The van der Waals surface area contributed by atoms with Crippen LogP contribution in [-0.4, -0.2) is 19.2 Å². The van der Waals surface area contributed by atoms with Gasteiger partial charge in [0.1, 0.15) is 5.69 Å². The third-order valence-corrected chi connectivity index (χ3v) is 3.23. The summed E-state index contributed by atoms with van der Waals surface area (Å²) in [4.78, 5) is 15.8. The summed E-state index contributed by atoms with van der Waals surface area (Å²) in [6, 6.07) is 1.39. The molecule has 0 aliphatic carbocycles. The molecule has 1 N–H and O–H groups in total. The molecule has 0 bridgehead atoms. The molecule has 88 valence electrons. The van der Waals surface area contributed by atoms with Gasteiger partial charge in [0.2, 0.25) is 5.43 Å². The highest BCUT2D eigenvalue weighted by Gasteiger charge is 2.22. The Morgan fingerprint density at radius 3 is 3.06 bits per heavy atom. The number of imidazole rings is 1. The molecule has 5 heteroatoms. The fourth-order valence-corrected chi connectivity index (χ4v) is 2.32. The van der Waals surface area contributed by atoms with Crippen molar-refractivity contribution in [2.75, 3.05) is 0 Å². The van der Waals surface area contributed by atoms with Crippen molar-refractivity contribution < 1.29 is 5.11 Å². The molecule has 0 aromatic carbocycles. The first-order valence-corrected chi connectivity index (χ1v) is 5.69. The molecule has 0 saturated carbocycles. The second-order valence-electron chi connectivity index (χ2n) is 4.15. The number of aryl methyl sites for hydroxylation is 2. The van der Waals surface area contributed by atoms with Gasteiger partial charge in [0.05, 0.1) is 0 Å². The summed E-state index contributed by atoms with van der Waals surface area (Å²) in [7, 11) is 0. The van der Waals surface area contributed by atoms with Gasteiger partial charge in [-0.25, -0.2) is 4.98 Å². The lowest BCUT2D eigenvalue weighted by atomic mass is 10.2. The number of aromatic nitrogens is 3. The molecule has 17 heavy (non-hydrogen) atoms. The zero-order valence-electron chi connectivity index (χ0n) is 9.55. The molecule has 0 spiro atoms. The van der Waals surface area contributed by atoms with E-state index in [1.54, 1.807) is 6.20 Å². The maximum Gasteiger partial charge on any atom is 0.223 e. The van der Waals surface area contributed by atoms with E-state index < -0.39 is 0 Å². The van der Waals surface area contributed by atoms with Gasteiger partial charge in [-0.2, -0.15) is 0 Å². The Morgan fingerprint density at radius 1 is 1.47 bits per heavy atom. The topological polar surface area (TPSA) is 60.0 Å². The number of hydrogen-bond acceptors (Lipinski definition) is 3. The SMILES string of the molecule is CCc1cnc2n1CCn1ccc(=O)c(O)c1-2. The zero-order chi connectivity index (χ0) is 12.0. The van der Waals surface area contributed by atoms with Crippen molar-refractivity contribution in [2.24, 2.45) is 0 Å². The van der Waals surface area contributed by atoms with Crippen LogP contribution in [0.15, 0.2) is 23.3 Å². The van der Waals surface area contributed by atoms with E-state index in [1.165, 1.54) is 6.07 Å². The summed E-state index contributed by atoms with van der Waals surface area (Å²) in [6.45, 7) is 3.64. The standard InChI is InChI=1S/C12H13N3O2/c1-2-8-7-13-12-10-11(17)9(16)3-4-14(10)5-6-15(8)12/h3-4,7,17H,2,5-6H2,1H3. The van der Waals surface area contributed by atoms with E-state index in [0.29, 0.717) is 11.5 Å². The highest BCUT2D eigenvalue weighted by molar-refractivity contribution is 5.61. The fraction of sp³-hybridized carbons (Fsp3) is 0.333. The predicted molar refractivity (Wildman–Crippen MR) is 63.0 cm³/mol. The Hall–Kier alpha value is -2.04. The van der Waals surface area contributed by atoms with Gasteiger partial charge in [-0.15, -0.1) is 0 Å². The van der Waals surface area contributed by atoms with E-state index in [4.69, 9.17) is 0 Å². The van der Waals surface area contributed by atoms with Gasteiger partial charge < -0.3 is 14.2 Å². The van der Waals surface area contributed by atoms with Crippen molar-refractivity contribution >= 4 is 0 Å². The minimum Gasteiger partial charge on any atom is -0.503 e. The summed E-state index contributed by atoms with van der Waals surface area (Å²) in [6.07, 6.45) is 4.41. The maximum atomic E-state index is 11.5. The molecular weight excluding hydrogens is 218 g/mol. The molecule has 1 aliphatic rings. The minimum absolute atomic E-state index is 0.207. The van der Waals surface area contributed by atoms with Gasteiger partial charge in [-0.3, -0.25) is 4.79 Å². The van der Waals surface area contributed by atoms with Crippen molar-refractivity contribution in [3.63, 3.8) is 0 Å². The minimum atomic E-state index is -0.356. The lowest BCUT2D eigenvalue weighted by Gasteiger charge is -2.22. The number of rotatable bonds is 1. The number of nitrogens with zero attached hydrogens (tertiary/aromatic N) is 3. The molecule has 3 rings (SSSR count). The smallest absolute Gasteiger partial charge is 0.223 e. The Bertz CT molecular complexity index is 640. The quantitative estimate of drug-likeness (QED) is 0.796. The summed E-state index contributed by atoms with van der Waals surface area (Å²) in [5.74, 6) is 0.477. The van der Waals surface area contributed by atoms with Crippen LogP contribution in [0.25, 0.3) is 11.5 Å². The summed E-state index contributed by atoms with van der Waals surface area (Å²) in [5.41, 5.74) is 1.30. The van der Waals surface area contributed by atoms with Crippen LogP contribution >= 0.6 is 0 Å². The number of pyridine rings is 1. The molecule has 1 aliphatic heterocycles. The number of hydrogen-bond donors (Lipinski definition) is 1. The van der Waals surface area contributed by atoms with E-state index in [0.717, 1.165) is 25.2 Å². The van der Waals surface area contributed by atoms with Gasteiger partial charge in [-0.1, -0.05) is 6.92 Å². The summed E-state index contributed by atoms with van der Waals surface area (Å²) < 4.78 is 3.94. The Labute approximate surface area is 98.0 Å². The normalized spacial score (nSPS) is 13.2. The van der Waals surface area contributed by atoms with Crippen LogP contribution in [0.3, 0.4) is 0 Å². The van der Waals surface area contributed by atoms with E-state index in [9.17, 15) is 9.90 Å². The van der Waals surface area contributed by atoms with E-state index in [2.05, 4.69) is 16.5 Å². The molecule has 0 radical (unpaired) electrons. The second-order valence-corrected chi connectivity index (χ2v) is 4.15.